The van der Waals surface area contributed by atoms with Crippen molar-refractivity contribution in [3.05, 3.63) is 52.5 Å². The number of carbonyl (C=O) groups is 2. The minimum atomic E-state index is -0.116. The number of nitrogens with zero attached hydrogens (tertiary/aromatic N) is 1. The molecular formula is C23H27ClN2O5. The van der Waals surface area contributed by atoms with Gasteiger partial charge < -0.3 is 24.4 Å². The third kappa shape index (κ3) is 5.61. The van der Waals surface area contributed by atoms with E-state index < -0.39 is 0 Å². The number of halogens is 1. The predicted octanol–water partition coefficient (Wildman–Crippen LogP) is 3.33. The van der Waals surface area contributed by atoms with Crippen LogP contribution in [-0.2, 0) is 11.2 Å². The summed E-state index contributed by atoms with van der Waals surface area (Å²) < 4.78 is 15.8. The lowest BCUT2D eigenvalue weighted by Crippen LogP contribution is -2.47. The lowest BCUT2D eigenvalue weighted by atomic mass is 10.0. The maximum Gasteiger partial charge on any atom is 0.257 e. The minimum Gasteiger partial charge on any atom is -0.496 e. The van der Waals surface area contributed by atoms with Gasteiger partial charge in [-0.2, -0.15) is 0 Å². The Morgan fingerprint density at radius 3 is 2.26 bits per heavy atom. The van der Waals surface area contributed by atoms with E-state index in [9.17, 15) is 9.59 Å². The average molecular weight is 447 g/mol. The highest BCUT2D eigenvalue weighted by Crippen LogP contribution is 2.28. The Bertz CT molecular complexity index is 942. The fourth-order valence-electron chi connectivity index (χ4n) is 3.70. The van der Waals surface area contributed by atoms with Gasteiger partial charge >= 0.3 is 0 Å². The van der Waals surface area contributed by atoms with Crippen molar-refractivity contribution in [2.45, 2.75) is 25.3 Å². The molecular weight excluding hydrogens is 420 g/mol. The largest absolute Gasteiger partial charge is 0.496 e. The highest BCUT2D eigenvalue weighted by Gasteiger charge is 2.26. The summed E-state index contributed by atoms with van der Waals surface area (Å²) >= 11 is 6.05. The average Bonchev–Trinajstić information content (AvgIpc) is 2.78. The molecule has 1 aliphatic heterocycles. The summed E-state index contributed by atoms with van der Waals surface area (Å²) in [5.41, 5.74) is 1.29. The van der Waals surface area contributed by atoms with Gasteiger partial charge in [0.1, 0.15) is 5.75 Å². The van der Waals surface area contributed by atoms with Crippen molar-refractivity contribution in [1.29, 1.82) is 0 Å². The number of ether oxygens (including phenoxy) is 3. The molecule has 2 amide bonds. The molecule has 0 radical (unpaired) electrons. The number of piperidine rings is 1. The number of amides is 2. The zero-order valence-electron chi connectivity index (χ0n) is 17.9. The molecule has 3 rings (SSSR count). The second kappa shape index (κ2) is 10.4. The molecule has 2 aromatic carbocycles. The van der Waals surface area contributed by atoms with Crippen molar-refractivity contribution in [2.75, 3.05) is 34.4 Å². The van der Waals surface area contributed by atoms with Crippen LogP contribution < -0.4 is 19.5 Å². The Kier molecular flexibility index (Phi) is 7.63. The van der Waals surface area contributed by atoms with Crippen LogP contribution in [-0.4, -0.2) is 57.2 Å². The molecule has 1 N–H and O–H groups in total. The van der Waals surface area contributed by atoms with Crippen LogP contribution in [0.4, 0.5) is 0 Å². The molecule has 2 aromatic rings. The molecule has 0 saturated carbocycles. The monoisotopic (exact) mass is 446 g/mol. The fourth-order valence-corrected chi connectivity index (χ4v) is 3.87. The van der Waals surface area contributed by atoms with Crippen LogP contribution >= 0.6 is 11.6 Å². The molecule has 1 fully saturated rings. The van der Waals surface area contributed by atoms with Crippen LogP contribution in [0, 0.1) is 0 Å². The van der Waals surface area contributed by atoms with Gasteiger partial charge in [0, 0.05) is 24.2 Å². The molecule has 1 aliphatic rings. The molecule has 0 aromatic heterocycles. The molecule has 0 unspecified atom stereocenters. The quantitative estimate of drug-likeness (QED) is 0.706. The van der Waals surface area contributed by atoms with E-state index in [1.165, 1.54) is 7.11 Å². The van der Waals surface area contributed by atoms with Crippen molar-refractivity contribution in [3.8, 4) is 17.2 Å². The van der Waals surface area contributed by atoms with Gasteiger partial charge in [-0.15, -0.1) is 0 Å². The van der Waals surface area contributed by atoms with Crippen LogP contribution in [0.1, 0.15) is 28.8 Å². The van der Waals surface area contributed by atoms with Crippen molar-refractivity contribution in [3.63, 3.8) is 0 Å². The van der Waals surface area contributed by atoms with Gasteiger partial charge in [-0.1, -0.05) is 17.7 Å². The van der Waals surface area contributed by atoms with Crippen LogP contribution in [0.15, 0.2) is 36.4 Å². The molecule has 7 nitrogen and oxygen atoms in total. The van der Waals surface area contributed by atoms with Crippen molar-refractivity contribution in [1.82, 2.24) is 10.2 Å². The van der Waals surface area contributed by atoms with Crippen LogP contribution in [0.25, 0.3) is 0 Å². The van der Waals surface area contributed by atoms with E-state index in [2.05, 4.69) is 5.32 Å². The van der Waals surface area contributed by atoms with Crippen molar-refractivity contribution in [2.24, 2.45) is 0 Å². The summed E-state index contributed by atoms with van der Waals surface area (Å²) in [6.45, 7) is 1.10. The molecule has 0 aliphatic carbocycles. The molecule has 1 saturated heterocycles. The van der Waals surface area contributed by atoms with E-state index in [0.717, 1.165) is 5.56 Å². The fraction of sp³-hybridized carbons (Fsp3) is 0.391. The standard InChI is InChI=1S/C23H27ClN2O5/c1-29-19-7-5-16(24)14-18(19)23(28)26-10-8-17(9-11-26)25-22(27)13-15-4-6-20(30-2)21(12-15)31-3/h4-7,12,14,17H,8-11,13H2,1-3H3,(H,25,27). The first-order valence-electron chi connectivity index (χ1n) is 10.1. The number of likely N-dealkylation sites (tertiary alicyclic amines) is 1. The summed E-state index contributed by atoms with van der Waals surface area (Å²) in [7, 11) is 4.67. The van der Waals surface area contributed by atoms with Crippen molar-refractivity contribution >= 4 is 23.4 Å². The van der Waals surface area contributed by atoms with Gasteiger partial charge in [0.05, 0.1) is 33.3 Å². The number of carbonyl (C=O) groups excluding carboxylic acids is 2. The highest BCUT2D eigenvalue weighted by molar-refractivity contribution is 6.31. The Morgan fingerprint density at radius 2 is 1.61 bits per heavy atom. The van der Waals surface area contributed by atoms with E-state index in [1.807, 2.05) is 6.07 Å². The zero-order chi connectivity index (χ0) is 22.4. The summed E-state index contributed by atoms with van der Waals surface area (Å²) in [5.74, 6) is 1.54. The highest BCUT2D eigenvalue weighted by atomic mass is 35.5. The van der Waals surface area contributed by atoms with Gasteiger partial charge in [0.25, 0.3) is 5.91 Å². The van der Waals surface area contributed by atoms with E-state index in [1.54, 1.807) is 49.5 Å². The van der Waals surface area contributed by atoms with Gasteiger partial charge in [-0.05, 0) is 48.7 Å². The lowest BCUT2D eigenvalue weighted by Gasteiger charge is -2.32. The Hall–Kier alpha value is -2.93. The normalized spacial score (nSPS) is 14.1. The number of nitrogens with one attached hydrogen (secondary N) is 1. The number of benzene rings is 2. The SMILES string of the molecule is COc1ccc(CC(=O)NC2CCN(C(=O)c3cc(Cl)ccc3OC)CC2)cc1OC. The number of methoxy groups -OCH3 is 3. The van der Waals surface area contributed by atoms with E-state index in [0.29, 0.717) is 53.8 Å². The van der Waals surface area contributed by atoms with Crippen LogP contribution in [0.5, 0.6) is 17.2 Å². The Labute approximate surface area is 187 Å². The molecule has 1 heterocycles. The molecule has 0 spiro atoms. The molecule has 166 valence electrons. The van der Waals surface area contributed by atoms with Gasteiger partial charge in [-0.3, -0.25) is 9.59 Å². The summed E-state index contributed by atoms with van der Waals surface area (Å²) in [5, 5.41) is 3.56. The van der Waals surface area contributed by atoms with Crippen molar-refractivity contribution < 1.29 is 23.8 Å². The third-order valence-corrected chi connectivity index (χ3v) is 5.59. The third-order valence-electron chi connectivity index (χ3n) is 5.35. The Morgan fingerprint density at radius 1 is 0.968 bits per heavy atom. The number of rotatable bonds is 7. The van der Waals surface area contributed by atoms with Crippen LogP contribution in [0.2, 0.25) is 5.02 Å². The zero-order valence-corrected chi connectivity index (χ0v) is 18.7. The summed E-state index contributed by atoms with van der Waals surface area (Å²) in [6, 6.07) is 10.5. The van der Waals surface area contributed by atoms with E-state index in [-0.39, 0.29) is 24.3 Å². The van der Waals surface area contributed by atoms with Gasteiger partial charge in [0.15, 0.2) is 11.5 Å². The van der Waals surface area contributed by atoms with E-state index >= 15 is 0 Å². The number of hydrogen-bond acceptors (Lipinski definition) is 5. The number of hydrogen-bond donors (Lipinski definition) is 1. The second-order valence-electron chi connectivity index (χ2n) is 7.34. The molecule has 31 heavy (non-hydrogen) atoms. The maximum atomic E-state index is 12.9. The molecule has 0 atom stereocenters. The summed E-state index contributed by atoms with van der Waals surface area (Å²) in [6.07, 6.45) is 1.62. The first kappa shape index (κ1) is 22.7. The first-order chi connectivity index (χ1) is 14.9. The molecule has 0 bridgehead atoms. The smallest absolute Gasteiger partial charge is 0.257 e. The topological polar surface area (TPSA) is 77.1 Å². The first-order valence-corrected chi connectivity index (χ1v) is 10.5. The van der Waals surface area contributed by atoms with E-state index in [4.69, 9.17) is 25.8 Å². The Balaban J connectivity index is 1.54. The molecule has 8 heteroatoms. The summed E-state index contributed by atoms with van der Waals surface area (Å²) in [4.78, 5) is 27.2. The predicted molar refractivity (Wildman–Crippen MR) is 118 cm³/mol. The lowest BCUT2D eigenvalue weighted by molar-refractivity contribution is -0.121. The minimum absolute atomic E-state index is 0.0259. The van der Waals surface area contributed by atoms with Gasteiger partial charge in [0.2, 0.25) is 5.91 Å². The van der Waals surface area contributed by atoms with Gasteiger partial charge in [-0.25, -0.2) is 0 Å². The second-order valence-corrected chi connectivity index (χ2v) is 7.78. The van der Waals surface area contributed by atoms with Crippen LogP contribution in [0.3, 0.4) is 0 Å². The maximum absolute atomic E-state index is 12.9.